The van der Waals surface area contributed by atoms with E-state index >= 15 is 0 Å². The van der Waals surface area contributed by atoms with Gasteiger partial charge in [-0.2, -0.15) is 8.42 Å². The van der Waals surface area contributed by atoms with E-state index in [-0.39, 0.29) is 0 Å². The molecule has 0 atom stereocenters. The highest BCUT2D eigenvalue weighted by Crippen LogP contribution is 1.81. The molecule has 0 radical (unpaired) electrons. The van der Waals surface area contributed by atoms with Gasteiger partial charge in [-0.15, -0.1) is 0 Å². The third-order valence-electron chi connectivity index (χ3n) is 0.651. The fourth-order valence-electron chi connectivity index (χ4n) is 0.261. The number of carbonyl (C=O) groups excluding carboxylic acids is 1. The van der Waals surface area contributed by atoms with Crippen molar-refractivity contribution in [1.82, 2.24) is 5.32 Å². The van der Waals surface area contributed by atoms with Crippen LogP contribution in [-0.2, 0) is 14.9 Å². The first-order chi connectivity index (χ1) is 4.95. The molecule has 6 heteroatoms. The van der Waals surface area contributed by atoms with Crippen molar-refractivity contribution in [1.29, 1.82) is 0 Å². The summed E-state index contributed by atoms with van der Waals surface area (Å²) in [6.07, 6.45) is 1.77. The van der Waals surface area contributed by atoms with Gasteiger partial charge in [-0.1, -0.05) is 6.58 Å². The second kappa shape index (κ2) is 3.89. The van der Waals surface area contributed by atoms with E-state index in [1.807, 2.05) is 5.32 Å². The molecule has 1 amide bonds. The summed E-state index contributed by atoms with van der Waals surface area (Å²) < 4.78 is 28.1. The summed E-state index contributed by atoms with van der Waals surface area (Å²) >= 11 is 0. The molecule has 0 spiro atoms. The van der Waals surface area contributed by atoms with Crippen LogP contribution in [0.4, 0.5) is 0 Å². The maximum atomic E-state index is 10.3. The summed E-state index contributed by atoms with van der Waals surface area (Å²) in [7, 11) is -4.16. The van der Waals surface area contributed by atoms with Gasteiger partial charge in [0.15, 0.2) is 0 Å². The monoisotopic (exact) mass is 177 g/mol. The summed E-state index contributed by atoms with van der Waals surface area (Å²) in [5.41, 5.74) is 0. The summed E-state index contributed by atoms with van der Waals surface area (Å²) in [6, 6.07) is 0. The fourth-order valence-corrected chi connectivity index (χ4v) is 0.501. The molecule has 0 heterocycles. The van der Waals surface area contributed by atoms with E-state index in [0.29, 0.717) is 5.41 Å². The van der Waals surface area contributed by atoms with Crippen molar-refractivity contribution in [3.8, 4) is 0 Å². The second-order valence-corrected chi connectivity index (χ2v) is 2.83. The van der Waals surface area contributed by atoms with Crippen molar-refractivity contribution in [3.63, 3.8) is 0 Å². The van der Waals surface area contributed by atoms with Crippen LogP contribution in [0.15, 0.2) is 24.3 Å². The van der Waals surface area contributed by atoms with Gasteiger partial charge in [0, 0.05) is 6.20 Å². The molecule has 5 nitrogen and oxygen atoms in total. The fraction of sp³-hybridized carbons (Fsp3) is 0. The molecule has 0 unspecified atom stereocenters. The van der Waals surface area contributed by atoms with Gasteiger partial charge >= 0.3 is 0 Å². The normalized spacial score (nSPS) is 11.4. The van der Waals surface area contributed by atoms with Crippen LogP contribution < -0.4 is 5.32 Å². The van der Waals surface area contributed by atoms with Crippen LogP contribution in [0.1, 0.15) is 0 Å². The molecule has 0 aromatic rings. The minimum absolute atomic E-state index is 0.453. The van der Waals surface area contributed by atoms with Crippen molar-refractivity contribution >= 4 is 16.0 Å². The highest BCUT2D eigenvalue weighted by Gasteiger charge is 1.94. The first-order valence-corrected chi connectivity index (χ1v) is 4.03. The first kappa shape index (κ1) is 9.86. The van der Waals surface area contributed by atoms with Gasteiger partial charge in [0.1, 0.15) is 0 Å². The molecular weight excluding hydrogens is 170 g/mol. The van der Waals surface area contributed by atoms with Gasteiger partial charge in [-0.05, 0) is 6.08 Å². The molecule has 0 aromatic carbocycles. The molecule has 0 bridgehead atoms. The van der Waals surface area contributed by atoms with Gasteiger partial charge in [0.2, 0.25) is 5.91 Å². The second-order valence-electron chi connectivity index (χ2n) is 1.53. The Bertz CT molecular complexity index is 277. The lowest BCUT2D eigenvalue weighted by Crippen LogP contribution is -2.13. The van der Waals surface area contributed by atoms with Gasteiger partial charge < -0.3 is 5.32 Å². The zero-order valence-electron chi connectivity index (χ0n) is 5.52. The van der Waals surface area contributed by atoms with Gasteiger partial charge in [0.05, 0.1) is 5.41 Å². The maximum Gasteiger partial charge on any atom is 0.289 e. The Kier molecular flexibility index (Phi) is 3.49. The van der Waals surface area contributed by atoms with E-state index in [4.69, 9.17) is 4.55 Å². The quantitative estimate of drug-likeness (QED) is 0.455. The lowest BCUT2D eigenvalue weighted by atomic mass is 10.6. The number of nitrogens with one attached hydrogen (secondary N) is 1. The van der Waals surface area contributed by atoms with Gasteiger partial charge in [-0.3, -0.25) is 9.35 Å². The number of rotatable bonds is 3. The van der Waals surface area contributed by atoms with E-state index in [1.54, 1.807) is 0 Å². The smallest absolute Gasteiger partial charge is 0.289 e. The molecule has 11 heavy (non-hydrogen) atoms. The molecular formula is C5H7NO4S. The van der Waals surface area contributed by atoms with Crippen molar-refractivity contribution in [2.75, 3.05) is 0 Å². The molecule has 0 aliphatic rings. The summed E-state index contributed by atoms with van der Waals surface area (Å²) in [4.78, 5) is 10.3. The van der Waals surface area contributed by atoms with Gasteiger partial charge in [-0.25, -0.2) is 0 Å². The number of carbonyl (C=O) groups is 1. The number of hydrogen-bond acceptors (Lipinski definition) is 3. The van der Waals surface area contributed by atoms with Gasteiger partial charge in [0.25, 0.3) is 10.1 Å². The lowest BCUT2D eigenvalue weighted by molar-refractivity contribution is -0.115. The van der Waals surface area contributed by atoms with E-state index in [1.165, 1.54) is 0 Å². The minimum atomic E-state index is -4.16. The molecule has 0 aliphatic heterocycles. The average Bonchev–Trinajstić information content (AvgIpc) is 1.85. The van der Waals surface area contributed by atoms with E-state index < -0.39 is 16.0 Å². The highest BCUT2D eigenvalue weighted by molar-refractivity contribution is 7.88. The number of amides is 1. The van der Waals surface area contributed by atoms with Crippen molar-refractivity contribution < 1.29 is 17.8 Å². The zero-order chi connectivity index (χ0) is 8.91. The summed E-state index contributed by atoms with van der Waals surface area (Å²) in [5, 5.41) is 2.46. The number of hydrogen-bond donors (Lipinski definition) is 2. The van der Waals surface area contributed by atoms with Crippen LogP contribution in [0.3, 0.4) is 0 Å². The Morgan fingerprint density at radius 1 is 1.55 bits per heavy atom. The molecule has 62 valence electrons. The Hall–Kier alpha value is -1.14. The van der Waals surface area contributed by atoms with Crippen LogP contribution >= 0.6 is 0 Å². The zero-order valence-corrected chi connectivity index (χ0v) is 6.34. The summed E-state index contributed by atoms with van der Waals surface area (Å²) in [6.45, 7) is 3.12. The summed E-state index contributed by atoms with van der Waals surface area (Å²) in [5.74, 6) is -0.551. The van der Waals surface area contributed by atoms with Crippen molar-refractivity contribution in [2.45, 2.75) is 0 Å². The Labute approximate surface area is 64.2 Å². The molecule has 0 saturated heterocycles. The van der Waals surface area contributed by atoms with Crippen LogP contribution in [0.2, 0.25) is 0 Å². The van der Waals surface area contributed by atoms with E-state index in [2.05, 4.69) is 6.58 Å². The molecule has 0 saturated carbocycles. The van der Waals surface area contributed by atoms with Crippen molar-refractivity contribution in [2.24, 2.45) is 0 Å². The van der Waals surface area contributed by atoms with Crippen LogP contribution in [0, 0.1) is 0 Å². The standard InChI is InChI=1S/C5H7NO4S/c1-2-5(7)6-3-4-11(8,9)10/h2-4H,1H2,(H,6,7)(H,8,9,10). The minimum Gasteiger partial charge on any atom is -0.328 e. The lowest BCUT2D eigenvalue weighted by Gasteiger charge is -1.89. The predicted octanol–water partition coefficient (Wildman–Crippen LogP) is -0.352. The molecule has 0 fully saturated rings. The largest absolute Gasteiger partial charge is 0.328 e. The Morgan fingerprint density at radius 2 is 2.09 bits per heavy atom. The molecule has 0 aliphatic carbocycles. The third-order valence-corrected chi connectivity index (χ3v) is 1.13. The third kappa shape index (κ3) is 6.75. The average molecular weight is 177 g/mol. The molecule has 0 rings (SSSR count). The van der Waals surface area contributed by atoms with Crippen LogP contribution in [0.25, 0.3) is 0 Å². The Morgan fingerprint density at radius 3 is 2.45 bits per heavy atom. The van der Waals surface area contributed by atoms with E-state index in [0.717, 1.165) is 12.3 Å². The molecule has 2 N–H and O–H groups in total. The highest BCUT2D eigenvalue weighted by atomic mass is 32.2. The SMILES string of the molecule is C=CC(=O)NC=CS(=O)(=O)O. The van der Waals surface area contributed by atoms with E-state index in [9.17, 15) is 13.2 Å². The molecule has 0 aromatic heterocycles. The maximum absolute atomic E-state index is 10.3. The predicted molar refractivity (Wildman–Crippen MR) is 39.0 cm³/mol. The topological polar surface area (TPSA) is 83.5 Å². The Balaban J connectivity index is 3.99. The first-order valence-electron chi connectivity index (χ1n) is 2.52. The van der Waals surface area contributed by atoms with Crippen LogP contribution in [0.5, 0.6) is 0 Å². The van der Waals surface area contributed by atoms with Crippen LogP contribution in [-0.4, -0.2) is 18.9 Å². The van der Waals surface area contributed by atoms with Crippen molar-refractivity contribution in [3.05, 3.63) is 24.3 Å².